The molecule has 0 bridgehead atoms. The first kappa shape index (κ1) is 13.0. The third-order valence-corrected chi connectivity index (χ3v) is 2.68. The third kappa shape index (κ3) is 3.07. The zero-order valence-electron chi connectivity index (χ0n) is 10.6. The molecule has 0 aliphatic rings. The molecule has 2 rings (SSSR count). The van der Waals surface area contributed by atoms with Gasteiger partial charge in [-0.05, 0) is 18.6 Å². The molecule has 0 atom stereocenters. The highest BCUT2D eigenvalue weighted by atomic mass is 16.4. The molecule has 0 saturated heterocycles. The van der Waals surface area contributed by atoms with E-state index in [1.54, 1.807) is 6.20 Å². The van der Waals surface area contributed by atoms with Gasteiger partial charge in [-0.3, -0.25) is 10.4 Å². The van der Waals surface area contributed by atoms with Crippen molar-refractivity contribution in [3.8, 4) is 0 Å². The number of carboxylic acids is 1. The second-order valence-electron chi connectivity index (χ2n) is 4.11. The molecule has 1 aromatic heterocycles. The van der Waals surface area contributed by atoms with Crippen molar-refractivity contribution >= 4 is 28.3 Å². The summed E-state index contributed by atoms with van der Waals surface area (Å²) in [5.41, 5.74) is 4.39. The minimum absolute atomic E-state index is 0.121. The highest BCUT2D eigenvalue weighted by molar-refractivity contribution is 6.35. The predicted octanol–water partition coefficient (Wildman–Crippen LogP) is 2.89. The highest BCUT2D eigenvalue weighted by Gasteiger charge is 2.08. The molecule has 1 heterocycles. The lowest BCUT2D eigenvalue weighted by molar-refractivity contribution is -0.129. The van der Waals surface area contributed by atoms with E-state index in [1.165, 1.54) is 0 Å². The van der Waals surface area contributed by atoms with E-state index in [-0.39, 0.29) is 5.71 Å². The summed E-state index contributed by atoms with van der Waals surface area (Å²) in [5.74, 6) is -0.998. The summed E-state index contributed by atoms with van der Waals surface area (Å²) in [6, 6.07) is 9.45. The first-order chi connectivity index (χ1) is 9.22. The van der Waals surface area contributed by atoms with Crippen LogP contribution in [-0.4, -0.2) is 21.8 Å². The molecule has 2 aromatic rings. The van der Waals surface area contributed by atoms with Crippen LogP contribution in [0.25, 0.3) is 10.9 Å². The minimum Gasteiger partial charge on any atom is -0.477 e. The van der Waals surface area contributed by atoms with Gasteiger partial charge in [0.15, 0.2) is 0 Å². The molecule has 5 heteroatoms. The minimum atomic E-state index is -0.998. The second kappa shape index (κ2) is 5.95. The quantitative estimate of drug-likeness (QED) is 0.638. The standard InChI is InChI=1S/C14H15N3O2/c1-2-5-12(14(18)19)17-16-11-8-3-6-10-7-4-9-15-13(10)11/h3-4,6-9,16H,2,5H2,1H3,(H,18,19)/b17-12+. The summed E-state index contributed by atoms with van der Waals surface area (Å²) in [6.45, 7) is 1.91. The largest absolute Gasteiger partial charge is 0.477 e. The normalized spacial score (nSPS) is 11.5. The van der Waals surface area contributed by atoms with E-state index in [0.717, 1.165) is 17.3 Å². The van der Waals surface area contributed by atoms with Gasteiger partial charge < -0.3 is 5.11 Å². The Morgan fingerprint density at radius 2 is 2.16 bits per heavy atom. The Kier molecular flexibility index (Phi) is 4.07. The maximum atomic E-state index is 11.0. The fraction of sp³-hybridized carbons (Fsp3) is 0.214. The van der Waals surface area contributed by atoms with Crippen LogP contribution in [0.2, 0.25) is 0 Å². The lowest BCUT2D eigenvalue weighted by Crippen LogP contribution is -2.14. The average molecular weight is 257 g/mol. The van der Waals surface area contributed by atoms with Crippen molar-refractivity contribution in [1.29, 1.82) is 0 Å². The number of carbonyl (C=O) groups is 1. The molecule has 0 saturated carbocycles. The molecule has 0 unspecified atom stereocenters. The summed E-state index contributed by atoms with van der Waals surface area (Å²) in [6.07, 6.45) is 2.86. The van der Waals surface area contributed by atoms with E-state index in [2.05, 4.69) is 15.5 Å². The number of benzene rings is 1. The van der Waals surface area contributed by atoms with Gasteiger partial charge in [0.1, 0.15) is 5.71 Å². The Morgan fingerprint density at radius 1 is 1.37 bits per heavy atom. The zero-order chi connectivity index (χ0) is 13.7. The van der Waals surface area contributed by atoms with E-state index < -0.39 is 5.97 Å². The van der Waals surface area contributed by atoms with Gasteiger partial charge >= 0.3 is 5.97 Å². The Labute approximate surface area is 111 Å². The molecule has 98 valence electrons. The van der Waals surface area contributed by atoms with Gasteiger partial charge in [-0.25, -0.2) is 4.79 Å². The molecule has 0 aliphatic heterocycles. The molecular formula is C14H15N3O2. The van der Waals surface area contributed by atoms with E-state index in [4.69, 9.17) is 5.11 Å². The van der Waals surface area contributed by atoms with Crippen molar-refractivity contribution in [3.63, 3.8) is 0 Å². The van der Waals surface area contributed by atoms with Gasteiger partial charge in [-0.2, -0.15) is 5.10 Å². The van der Waals surface area contributed by atoms with Crippen LogP contribution < -0.4 is 5.43 Å². The lowest BCUT2D eigenvalue weighted by atomic mass is 10.2. The van der Waals surface area contributed by atoms with Crippen molar-refractivity contribution < 1.29 is 9.90 Å². The summed E-state index contributed by atoms with van der Waals surface area (Å²) in [4.78, 5) is 15.3. The number of para-hydroxylation sites is 1. The topological polar surface area (TPSA) is 74.6 Å². The highest BCUT2D eigenvalue weighted by Crippen LogP contribution is 2.20. The van der Waals surface area contributed by atoms with Crippen LogP contribution >= 0.6 is 0 Å². The van der Waals surface area contributed by atoms with Gasteiger partial charge in [0, 0.05) is 11.6 Å². The number of pyridine rings is 1. The predicted molar refractivity (Wildman–Crippen MR) is 75.3 cm³/mol. The fourth-order valence-corrected chi connectivity index (χ4v) is 1.77. The molecule has 1 aromatic carbocycles. The third-order valence-electron chi connectivity index (χ3n) is 2.68. The van der Waals surface area contributed by atoms with Gasteiger partial charge in [0.05, 0.1) is 11.2 Å². The first-order valence-electron chi connectivity index (χ1n) is 6.12. The summed E-state index contributed by atoms with van der Waals surface area (Å²) >= 11 is 0. The second-order valence-corrected chi connectivity index (χ2v) is 4.11. The number of carboxylic acid groups (broad SMARTS) is 1. The molecule has 0 radical (unpaired) electrons. The molecule has 0 spiro atoms. The number of hydrazone groups is 1. The van der Waals surface area contributed by atoms with E-state index in [9.17, 15) is 4.79 Å². The van der Waals surface area contributed by atoms with Crippen LogP contribution in [0, 0.1) is 0 Å². The Morgan fingerprint density at radius 3 is 2.89 bits per heavy atom. The zero-order valence-corrected chi connectivity index (χ0v) is 10.6. The van der Waals surface area contributed by atoms with Crippen LogP contribution in [0.1, 0.15) is 19.8 Å². The number of nitrogens with one attached hydrogen (secondary N) is 1. The number of anilines is 1. The van der Waals surface area contributed by atoms with Crippen molar-refractivity contribution in [2.24, 2.45) is 5.10 Å². The van der Waals surface area contributed by atoms with Crippen molar-refractivity contribution in [2.75, 3.05) is 5.43 Å². The van der Waals surface area contributed by atoms with Crippen molar-refractivity contribution in [3.05, 3.63) is 36.5 Å². The van der Waals surface area contributed by atoms with E-state index >= 15 is 0 Å². The summed E-state index contributed by atoms with van der Waals surface area (Å²) in [7, 11) is 0. The van der Waals surface area contributed by atoms with Gasteiger partial charge in [-0.1, -0.05) is 31.5 Å². The van der Waals surface area contributed by atoms with Crippen LogP contribution in [0.4, 0.5) is 5.69 Å². The molecular weight excluding hydrogens is 242 g/mol. The fourth-order valence-electron chi connectivity index (χ4n) is 1.77. The average Bonchev–Trinajstić information content (AvgIpc) is 2.43. The van der Waals surface area contributed by atoms with Crippen LogP contribution in [0.15, 0.2) is 41.6 Å². The number of rotatable bonds is 5. The number of hydrogen-bond acceptors (Lipinski definition) is 4. The monoisotopic (exact) mass is 257 g/mol. The molecule has 0 amide bonds. The van der Waals surface area contributed by atoms with Crippen molar-refractivity contribution in [1.82, 2.24) is 4.98 Å². The Hall–Kier alpha value is -2.43. The number of nitrogens with zero attached hydrogens (tertiary/aromatic N) is 2. The molecule has 19 heavy (non-hydrogen) atoms. The number of aromatic nitrogens is 1. The Balaban J connectivity index is 2.30. The maximum absolute atomic E-state index is 11.0. The van der Waals surface area contributed by atoms with E-state index in [0.29, 0.717) is 12.1 Å². The number of fused-ring (bicyclic) bond motifs is 1. The van der Waals surface area contributed by atoms with Gasteiger partial charge in [0.25, 0.3) is 0 Å². The van der Waals surface area contributed by atoms with Gasteiger partial charge in [-0.15, -0.1) is 0 Å². The molecule has 2 N–H and O–H groups in total. The molecule has 0 fully saturated rings. The summed E-state index contributed by atoms with van der Waals surface area (Å²) < 4.78 is 0. The first-order valence-corrected chi connectivity index (χ1v) is 6.12. The number of hydrogen-bond donors (Lipinski definition) is 2. The molecule has 5 nitrogen and oxygen atoms in total. The SMILES string of the molecule is CCC/C(=N\Nc1cccc2cccnc12)C(=O)O. The van der Waals surface area contributed by atoms with Crippen LogP contribution in [0.5, 0.6) is 0 Å². The number of aliphatic carboxylic acids is 1. The van der Waals surface area contributed by atoms with Gasteiger partial charge in [0.2, 0.25) is 0 Å². The van der Waals surface area contributed by atoms with Crippen molar-refractivity contribution in [2.45, 2.75) is 19.8 Å². The van der Waals surface area contributed by atoms with Crippen LogP contribution in [-0.2, 0) is 4.79 Å². The maximum Gasteiger partial charge on any atom is 0.352 e. The Bertz CT molecular complexity index is 618. The smallest absolute Gasteiger partial charge is 0.352 e. The van der Waals surface area contributed by atoms with E-state index in [1.807, 2.05) is 37.3 Å². The summed E-state index contributed by atoms with van der Waals surface area (Å²) in [5, 5.41) is 14.0. The van der Waals surface area contributed by atoms with Crippen LogP contribution in [0.3, 0.4) is 0 Å². The lowest BCUT2D eigenvalue weighted by Gasteiger charge is -2.05. The molecule has 0 aliphatic carbocycles.